The molecule has 2 rings (SSSR count). The molecule has 176 valence electrons. The Kier molecular flexibility index (Phi) is 11.3. The third-order valence-corrected chi connectivity index (χ3v) is 7.13. The van der Waals surface area contributed by atoms with Crippen LogP contribution in [0.25, 0.3) is 0 Å². The van der Waals surface area contributed by atoms with Gasteiger partial charge in [-0.3, -0.25) is 9.79 Å². The van der Waals surface area contributed by atoms with Crippen LogP contribution in [0.2, 0.25) is 0 Å². The van der Waals surface area contributed by atoms with Gasteiger partial charge in [-0.25, -0.2) is 8.42 Å². The first-order valence-corrected chi connectivity index (χ1v) is 12.6. The first-order chi connectivity index (χ1) is 14.1. The minimum absolute atomic E-state index is 0. The molecule has 0 bridgehead atoms. The third kappa shape index (κ3) is 9.34. The fraction of sp³-hybridized carbons (Fsp3) is 0.636. The number of nitrogens with one attached hydrogen (secondary N) is 3. The highest BCUT2D eigenvalue weighted by Gasteiger charge is 2.28. The Hall–Kier alpha value is -1.36. The number of hydrogen-bond acceptors (Lipinski definition) is 4. The predicted octanol–water partition coefficient (Wildman–Crippen LogP) is 2.39. The van der Waals surface area contributed by atoms with Crippen LogP contribution in [0.1, 0.15) is 51.7 Å². The van der Waals surface area contributed by atoms with Gasteiger partial charge in [-0.05, 0) is 30.9 Å². The fourth-order valence-electron chi connectivity index (χ4n) is 3.40. The third-order valence-electron chi connectivity index (χ3n) is 5.36. The van der Waals surface area contributed by atoms with Gasteiger partial charge in [0.25, 0.3) is 0 Å². The summed E-state index contributed by atoms with van der Waals surface area (Å²) in [4.78, 5) is 16.8. The summed E-state index contributed by atoms with van der Waals surface area (Å²) in [6.45, 7) is 10.3. The van der Waals surface area contributed by atoms with Crippen molar-refractivity contribution in [3.63, 3.8) is 0 Å². The van der Waals surface area contributed by atoms with E-state index in [9.17, 15) is 13.2 Å². The number of rotatable bonds is 9. The molecule has 9 heteroatoms. The van der Waals surface area contributed by atoms with Gasteiger partial charge in [0.2, 0.25) is 5.91 Å². The number of aliphatic imine (C=N–C) groups is 1. The highest BCUT2D eigenvalue weighted by molar-refractivity contribution is 14.0. The Morgan fingerprint density at radius 1 is 1.16 bits per heavy atom. The van der Waals surface area contributed by atoms with Crippen LogP contribution in [0.4, 0.5) is 0 Å². The van der Waals surface area contributed by atoms with Crippen molar-refractivity contribution in [1.29, 1.82) is 0 Å². The van der Waals surface area contributed by atoms with Crippen LogP contribution in [0.15, 0.2) is 29.3 Å². The van der Waals surface area contributed by atoms with E-state index in [4.69, 9.17) is 4.99 Å². The Labute approximate surface area is 204 Å². The number of nitrogens with zero attached hydrogens (tertiary/aromatic N) is 1. The van der Waals surface area contributed by atoms with Crippen molar-refractivity contribution < 1.29 is 13.2 Å². The average molecular weight is 565 g/mol. The maximum Gasteiger partial charge on any atom is 0.222 e. The minimum Gasteiger partial charge on any atom is -0.357 e. The molecule has 1 amide bonds. The molecule has 0 saturated carbocycles. The molecule has 3 N–H and O–H groups in total. The lowest BCUT2D eigenvalue weighted by atomic mass is 9.84. The summed E-state index contributed by atoms with van der Waals surface area (Å²) < 4.78 is 23.0. The summed E-state index contributed by atoms with van der Waals surface area (Å²) >= 11 is 0. The standard InChI is InChI=1S/C22H36N4O3S.HI/c1-5-17-7-9-18(10-8-17)22(3,4)16-25-21(23-6-2)24-13-11-20(27)26-19-12-14-30(28,29)15-19;/h7-10,19H,5-6,11-16H2,1-4H3,(H,26,27)(H2,23,24,25);1H. The second kappa shape index (κ2) is 12.6. The maximum absolute atomic E-state index is 12.1. The number of halogens is 1. The normalized spacial score (nSPS) is 18.2. The van der Waals surface area contributed by atoms with E-state index in [1.165, 1.54) is 11.1 Å². The van der Waals surface area contributed by atoms with Crippen LogP contribution in [0.5, 0.6) is 0 Å². The number of guanidine groups is 1. The molecule has 0 aromatic heterocycles. The number of carbonyl (C=O) groups excluding carboxylic acids is 1. The monoisotopic (exact) mass is 564 g/mol. The van der Waals surface area contributed by atoms with Crippen LogP contribution in [-0.2, 0) is 26.5 Å². The molecule has 0 spiro atoms. The molecule has 1 atom stereocenters. The molecule has 0 radical (unpaired) electrons. The van der Waals surface area contributed by atoms with E-state index in [-0.39, 0.29) is 59.3 Å². The van der Waals surface area contributed by atoms with Gasteiger partial charge in [0, 0.05) is 31.0 Å². The Bertz CT molecular complexity index is 839. The molecule has 1 fully saturated rings. The average Bonchev–Trinajstić information content (AvgIpc) is 3.04. The van der Waals surface area contributed by atoms with Gasteiger partial charge in [0.1, 0.15) is 0 Å². The molecule has 1 aliphatic rings. The highest BCUT2D eigenvalue weighted by atomic mass is 127. The molecule has 0 aliphatic carbocycles. The zero-order chi connectivity index (χ0) is 22.2. The van der Waals surface area contributed by atoms with E-state index >= 15 is 0 Å². The van der Waals surface area contributed by atoms with Crippen LogP contribution < -0.4 is 16.0 Å². The van der Waals surface area contributed by atoms with Gasteiger partial charge in [0.05, 0.1) is 18.1 Å². The lowest BCUT2D eigenvalue weighted by molar-refractivity contribution is -0.121. The summed E-state index contributed by atoms with van der Waals surface area (Å²) in [5.41, 5.74) is 2.45. The molecule has 7 nitrogen and oxygen atoms in total. The topological polar surface area (TPSA) is 99.7 Å². The molecule has 1 heterocycles. The van der Waals surface area contributed by atoms with E-state index in [0.29, 0.717) is 25.5 Å². The number of benzene rings is 1. The molecule has 1 aromatic carbocycles. The minimum atomic E-state index is -2.99. The van der Waals surface area contributed by atoms with Gasteiger partial charge in [-0.1, -0.05) is 45.0 Å². The number of sulfone groups is 1. The smallest absolute Gasteiger partial charge is 0.222 e. The van der Waals surface area contributed by atoms with Gasteiger partial charge >= 0.3 is 0 Å². The lowest BCUT2D eigenvalue weighted by Crippen LogP contribution is -2.41. The van der Waals surface area contributed by atoms with E-state index in [1.54, 1.807) is 0 Å². The van der Waals surface area contributed by atoms with Crippen LogP contribution >= 0.6 is 24.0 Å². The SMILES string of the molecule is CCNC(=NCC(C)(C)c1ccc(CC)cc1)NCCC(=O)NC1CCS(=O)(=O)C1.I. The van der Waals surface area contributed by atoms with E-state index < -0.39 is 9.84 Å². The maximum atomic E-state index is 12.1. The van der Waals surface area contributed by atoms with Crippen LogP contribution in [0, 0.1) is 0 Å². The zero-order valence-corrected chi connectivity index (χ0v) is 22.2. The van der Waals surface area contributed by atoms with Crippen molar-refractivity contribution in [3.8, 4) is 0 Å². The first-order valence-electron chi connectivity index (χ1n) is 10.8. The van der Waals surface area contributed by atoms with Crippen LogP contribution in [0.3, 0.4) is 0 Å². The van der Waals surface area contributed by atoms with Gasteiger partial charge in [-0.2, -0.15) is 0 Å². The molecule has 1 aliphatic heterocycles. The lowest BCUT2D eigenvalue weighted by Gasteiger charge is -2.24. The van der Waals surface area contributed by atoms with E-state index in [2.05, 4.69) is 61.0 Å². The fourth-order valence-corrected chi connectivity index (χ4v) is 5.08. The van der Waals surface area contributed by atoms with Crippen molar-refractivity contribution in [2.45, 2.75) is 58.4 Å². The number of amides is 1. The van der Waals surface area contributed by atoms with Crippen LogP contribution in [-0.4, -0.2) is 57.5 Å². The number of aryl methyl sites for hydroxylation is 1. The van der Waals surface area contributed by atoms with Crippen molar-refractivity contribution in [1.82, 2.24) is 16.0 Å². The van der Waals surface area contributed by atoms with Gasteiger partial charge < -0.3 is 16.0 Å². The molecular formula is C22H37IN4O3S. The summed E-state index contributed by atoms with van der Waals surface area (Å²) in [5, 5.41) is 9.21. The summed E-state index contributed by atoms with van der Waals surface area (Å²) in [7, 11) is -2.99. The second-order valence-corrected chi connectivity index (χ2v) is 10.7. The van der Waals surface area contributed by atoms with Crippen molar-refractivity contribution in [2.75, 3.05) is 31.1 Å². The molecular weight excluding hydrogens is 527 g/mol. The molecule has 31 heavy (non-hydrogen) atoms. The highest BCUT2D eigenvalue weighted by Crippen LogP contribution is 2.24. The Morgan fingerprint density at radius 3 is 2.39 bits per heavy atom. The van der Waals surface area contributed by atoms with Gasteiger partial charge in [-0.15, -0.1) is 24.0 Å². The van der Waals surface area contributed by atoms with E-state index in [1.807, 2.05) is 6.92 Å². The predicted molar refractivity (Wildman–Crippen MR) is 138 cm³/mol. The van der Waals surface area contributed by atoms with Crippen molar-refractivity contribution >= 4 is 45.7 Å². The Balaban J connectivity index is 0.00000480. The van der Waals surface area contributed by atoms with E-state index in [0.717, 1.165) is 13.0 Å². The largest absolute Gasteiger partial charge is 0.357 e. The second-order valence-electron chi connectivity index (χ2n) is 8.47. The number of hydrogen-bond donors (Lipinski definition) is 3. The molecule has 1 unspecified atom stereocenters. The van der Waals surface area contributed by atoms with Crippen molar-refractivity contribution in [3.05, 3.63) is 35.4 Å². The van der Waals surface area contributed by atoms with Gasteiger partial charge in [0.15, 0.2) is 15.8 Å². The zero-order valence-electron chi connectivity index (χ0n) is 19.0. The summed E-state index contributed by atoms with van der Waals surface area (Å²) in [6, 6.07) is 8.41. The summed E-state index contributed by atoms with van der Waals surface area (Å²) in [6.07, 6.45) is 1.79. The Morgan fingerprint density at radius 2 is 1.84 bits per heavy atom. The molecule has 1 saturated heterocycles. The quantitative estimate of drug-likeness (QED) is 0.243. The number of carbonyl (C=O) groups is 1. The van der Waals surface area contributed by atoms with Crippen molar-refractivity contribution in [2.24, 2.45) is 4.99 Å². The summed E-state index contributed by atoms with van der Waals surface area (Å²) in [5.74, 6) is 0.735. The first kappa shape index (κ1) is 27.7. The molecule has 1 aromatic rings.